The highest BCUT2D eigenvalue weighted by Gasteiger charge is 2.21. The Morgan fingerprint density at radius 1 is 1.11 bits per heavy atom. The first-order valence-corrected chi connectivity index (χ1v) is 7.71. The molecule has 0 spiro atoms. The molecule has 0 saturated carbocycles. The number of aryl methyl sites for hydroxylation is 1. The molecule has 0 amide bonds. The molecular weight excluding hydrogens is 300 g/mol. The number of imidazole rings is 1. The van der Waals surface area contributed by atoms with Crippen molar-refractivity contribution in [1.29, 1.82) is 0 Å². The molecule has 0 bridgehead atoms. The van der Waals surface area contributed by atoms with E-state index < -0.39 is 0 Å². The minimum absolute atomic E-state index is 0.981. The lowest BCUT2D eigenvalue weighted by Gasteiger charge is -2.17. The first-order chi connectivity index (χ1) is 9.09. The van der Waals surface area contributed by atoms with E-state index in [1.54, 1.807) is 0 Å². The van der Waals surface area contributed by atoms with Gasteiger partial charge in [0, 0.05) is 17.8 Å². The van der Waals surface area contributed by atoms with Gasteiger partial charge in [0.15, 0.2) is 4.73 Å². The van der Waals surface area contributed by atoms with Gasteiger partial charge in [-0.2, -0.15) is 0 Å². The minimum Gasteiger partial charge on any atom is -0.322 e. The predicted octanol–water partition coefficient (Wildman–Crippen LogP) is 4.57. The molecular formula is C16H19BrN2. The van der Waals surface area contributed by atoms with E-state index in [0.717, 1.165) is 17.7 Å². The fourth-order valence-corrected chi connectivity index (χ4v) is 3.50. The Balaban J connectivity index is 2.20. The van der Waals surface area contributed by atoms with Crippen LogP contribution in [-0.2, 0) is 13.0 Å². The average Bonchev–Trinajstić information content (AvgIpc) is 2.74. The zero-order valence-corrected chi connectivity index (χ0v) is 13.3. The van der Waals surface area contributed by atoms with Gasteiger partial charge in [-0.05, 0) is 72.7 Å². The van der Waals surface area contributed by atoms with Gasteiger partial charge >= 0.3 is 0 Å². The van der Waals surface area contributed by atoms with Gasteiger partial charge in [0.2, 0.25) is 0 Å². The molecule has 0 fully saturated rings. The maximum absolute atomic E-state index is 4.77. The van der Waals surface area contributed by atoms with Crippen LogP contribution in [0.1, 0.15) is 35.2 Å². The number of hydrogen-bond donors (Lipinski definition) is 0. The zero-order valence-electron chi connectivity index (χ0n) is 11.8. The van der Waals surface area contributed by atoms with Crippen LogP contribution in [-0.4, -0.2) is 9.55 Å². The van der Waals surface area contributed by atoms with E-state index in [4.69, 9.17) is 4.98 Å². The molecule has 3 heteroatoms. The molecule has 100 valence electrons. The monoisotopic (exact) mass is 318 g/mol. The molecule has 0 aliphatic carbocycles. The fraction of sp³-hybridized carbons (Fsp3) is 0.438. The summed E-state index contributed by atoms with van der Waals surface area (Å²) in [7, 11) is 0. The van der Waals surface area contributed by atoms with Gasteiger partial charge in [0.25, 0.3) is 0 Å². The molecule has 1 aliphatic heterocycles. The van der Waals surface area contributed by atoms with Crippen molar-refractivity contribution in [1.82, 2.24) is 9.55 Å². The van der Waals surface area contributed by atoms with Gasteiger partial charge in [0.1, 0.15) is 0 Å². The van der Waals surface area contributed by atoms with Crippen LogP contribution in [0.15, 0.2) is 16.9 Å². The van der Waals surface area contributed by atoms with Gasteiger partial charge in [-0.25, -0.2) is 4.98 Å². The molecule has 1 aliphatic rings. The van der Waals surface area contributed by atoms with Gasteiger partial charge in [-0.15, -0.1) is 0 Å². The molecule has 2 heterocycles. The summed E-state index contributed by atoms with van der Waals surface area (Å²) in [5, 5.41) is 0. The maximum Gasteiger partial charge on any atom is 0.177 e. The normalized spacial score (nSPS) is 14.5. The molecule has 1 aromatic heterocycles. The fourth-order valence-electron chi connectivity index (χ4n) is 2.93. The highest BCUT2D eigenvalue weighted by Crippen LogP contribution is 2.34. The van der Waals surface area contributed by atoms with E-state index in [9.17, 15) is 0 Å². The second kappa shape index (κ2) is 4.78. The van der Waals surface area contributed by atoms with Crippen LogP contribution >= 0.6 is 15.9 Å². The number of benzene rings is 1. The van der Waals surface area contributed by atoms with Crippen LogP contribution in [0, 0.1) is 20.8 Å². The minimum atomic E-state index is 0.981. The Morgan fingerprint density at radius 3 is 2.68 bits per heavy atom. The van der Waals surface area contributed by atoms with Crippen molar-refractivity contribution in [3.05, 3.63) is 39.3 Å². The first-order valence-electron chi connectivity index (χ1n) is 6.91. The lowest BCUT2D eigenvalue weighted by Crippen LogP contribution is -2.10. The summed E-state index contributed by atoms with van der Waals surface area (Å²) in [4.78, 5) is 4.77. The van der Waals surface area contributed by atoms with Crippen LogP contribution < -0.4 is 0 Å². The molecule has 0 atom stereocenters. The quantitative estimate of drug-likeness (QED) is 0.752. The summed E-state index contributed by atoms with van der Waals surface area (Å²) in [5.74, 6) is 0. The lowest BCUT2D eigenvalue weighted by atomic mass is 9.95. The van der Waals surface area contributed by atoms with E-state index in [0.29, 0.717) is 0 Å². The van der Waals surface area contributed by atoms with Crippen LogP contribution in [0.3, 0.4) is 0 Å². The third-order valence-corrected chi connectivity index (χ3v) is 4.99. The van der Waals surface area contributed by atoms with Crippen molar-refractivity contribution < 1.29 is 0 Å². The zero-order chi connectivity index (χ0) is 13.6. The molecule has 0 saturated heterocycles. The summed E-state index contributed by atoms with van der Waals surface area (Å²) in [6.07, 6.45) is 3.67. The summed E-state index contributed by atoms with van der Waals surface area (Å²) in [6, 6.07) is 4.43. The summed E-state index contributed by atoms with van der Waals surface area (Å²) < 4.78 is 3.31. The van der Waals surface area contributed by atoms with Crippen molar-refractivity contribution in [2.24, 2.45) is 0 Å². The molecule has 19 heavy (non-hydrogen) atoms. The molecule has 2 aromatic rings. The number of halogens is 1. The summed E-state index contributed by atoms with van der Waals surface area (Å²) in [6.45, 7) is 7.67. The Morgan fingerprint density at radius 2 is 1.89 bits per heavy atom. The van der Waals surface area contributed by atoms with E-state index in [-0.39, 0.29) is 0 Å². The summed E-state index contributed by atoms with van der Waals surface area (Å²) in [5.41, 5.74) is 7.95. The lowest BCUT2D eigenvalue weighted by molar-refractivity contribution is 0.525. The average molecular weight is 319 g/mol. The first kappa shape index (κ1) is 12.9. The molecule has 3 rings (SSSR count). The van der Waals surface area contributed by atoms with E-state index in [2.05, 4.69) is 53.4 Å². The number of fused-ring (bicyclic) bond motifs is 1. The predicted molar refractivity (Wildman–Crippen MR) is 82.5 cm³/mol. The SMILES string of the molecule is Cc1ccc(-c2nc(Br)n3c2CCCC3)c(C)c1C. The topological polar surface area (TPSA) is 17.8 Å². The van der Waals surface area contributed by atoms with Crippen LogP contribution in [0.2, 0.25) is 0 Å². The third kappa shape index (κ3) is 2.04. The Hall–Kier alpha value is -1.09. The van der Waals surface area contributed by atoms with Crippen LogP contribution in [0.25, 0.3) is 11.3 Å². The number of aromatic nitrogens is 2. The maximum atomic E-state index is 4.77. The highest BCUT2D eigenvalue weighted by molar-refractivity contribution is 9.10. The molecule has 2 nitrogen and oxygen atoms in total. The van der Waals surface area contributed by atoms with E-state index in [1.807, 2.05) is 0 Å². The van der Waals surface area contributed by atoms with Crippen molar-refractivity contribution in [2.45, 2.75) is 46.6 Å². The highest BCUT2D eigenvalue weighted by atomic mass is 79.9. The Bertz CT molecular complexity index is 641. The number of rotatable bonds is 1. The van der Waals surface area contributed by atoms with Gasteiger partial charge in [0.05, 0.1) is 5.69 Å². The van der Waals surface area contributed by atoms with Gasteiger partial charge < -0.3 is 4.57 Å². The number of nitrogens with zero attached hydrogens (tertiary/aromatic N) is 2. The van der Waals surface area contributed by atoms with Crippen LogP contribution in [0.5, 0.6) is 0 Å². The second-order valence-electron chi connectivity index (χ2n) is 5.46. The third-order valence-electron chi connectivity index (χ3n) is 4.38. The molecule has 0 unspecified atom stereocenters. The van der Waals surface area contributed by atoms with Crippen molar-refractivity contribution in [3.8, 4) is 11.3 Å². The Labute approximate surface area is 123 Å². The smallest absolute Gasteiger partial charge is 0.177 e. The summed E-state index contributed by atoms with van der Waals surface area (Å²) >= 11 is 3.61. The van der Waals surface area contributed by atoms with Gasteiger partial charge in [-0.1, -0.05) is 12.1 Å². The standard InChI is InChI=1S/C16H19BrN2/c1-10-7-8-13(12(3)11(10)2)15-14-6-4-5-9-19(14)16(17)18-15/h7-8H,4-6,9H2,1-3H3. The van der Waals surface area contributed by atoms with Gasteiger partial charge in [-0.3, -0.25) is 0 Å². The van der Waals surface area contributed by atoms with Crippen molar-refractivity contribution in [2.75, 3.05) is 0 Å². The van der Waals surface area contributed by atoms with E-state index >= 15 is 0 Å². The number of hydrogen-bond acceptors (Lipinski definition) is 1. The van der Waals surface area contributed by atoms with Crippen LogP contribution in [0.4, 0.5) is 0 Å². The van der Waals surface area contributed by atoms with E-state index in [1.165, 1.54) is 46.5 Å². The second-order valence-corrected chi connectivity index (χ2v) is 6.17. The van der Waals surface area contributed by atoms with Crippen molar-refractivity contribution in [3.63, 3.8) is 0 Å². The molecule has 0 N–H and O–H groups in total. The molecule has 0 radical (unpaired) electrons. The Kier molecular flexibility index (Phi) is 3.25. The largest absolute Gasteiger partial charge is 0.322 e. The van der Waals surface area contributed by atoms with Crippen molar-refractivity contribution >= 4 is 15.9 Å². The molecule has 1 aromatic carbocycles.